The van der Waals surface area contributed by atoms with Crippen molar-refractivity contribution in [1.29, 1.82) is 0 Å². The smallest absolute Gasteiger partial charge is 0.249 e. The molecular weight excluding hydrogens is 260 g/mol. The van der Waals surface area contributed by atoms with E-state index >= 15 is 0 Å². The number of rotatable bonds is 2. The van der Waals surface area contributed by atoms with Gasteiger partial charge in [-0.1, -0.05) is 43.3 Å². The molecule has 3 nitrogen and oxygen atoms in total. The minimum Gasteiger partial charge on any atom is -0.302 e. The highest BCUT2D eigenvalue weighted by molar-refractivity contribution is 5.95. The molecule has 0 saturated carbocycles. The van der Waals surface area contributed by atoms with E-state index in [2.05, 4.69) is 60.2 Å². The molecule has 0 unspecified atom stereocenters. The molecule has 1 fully saturated rings. The third kappa shape index (κ3) is 2.19. The van der Waals surface area contributed by atoms with Gasteiger partial charge in [-0.15, -0.1) is 0 Å². The number of hydrogen-bond acceptors (Lipinski definition) is 2. The van der Waals surface area contributed by atoms with E-state index in [0.717, 1.165) is 17.7 Å². The fourth-order valence-electron chi connectivity index (χ4n) is 2.75. The molecule has 3 rings (SSSR count). The lowest BCUT2D eigenvalue weighted by atomic mass is 9.88. The van der Waals surface area contributed by atoms with Crippen molar-refractivity contribution in [2.75, 3.05) is 0 Å². The normalized spacial score (nSPS) is 18.8. The summed E-state index contributed by atoms with van der Waals surface area (Å²) in [6.45, 7) is 6.03. The van der Waals surface area contributed by atoms with Gasteiger partial charge in [0.2, 0.25) is 5.91 Å². The Kier molecular flexibility index (Phi) is 3.20. The summed E-state index contributed by atoms with van der Waals surface area (Å²) in [4.78, 5) is 11.8. The van der Waals surface area contributed by atoms with Crippen LogP contribution in [0.15, 0.2) is 42.1 Å². The molecule has 0 aromatic heterocycles. The molecule has 2 aromatic carbocycles. The van der Waals surface area contributed by atoms with E-state index in [1.807, 2.05) is 13.8 Å². The summed E-state index contributed by atoms with van der Waals surface area (Å²) in [6, 6.07) is 12.7. The molecule has 21 heavy (non-hydrogen) atoms. The minimum absolute atomic E-state index is 0.00299. The van der Waals surface area contributed by atoms with Crippen LogP contribution in [-0.2, 0) is 11.2 Å². The minimum atomic E-state index is -0.523. The summed E-state index contributed by atoms with van der Waals surface area (Å²) in [6.07, 6.45) is 3.08. The quantitative estimate of drug-likeness (QED) is 0.885. The maximum absolute atomic E-state index is 11.8. The number of benzene rings is 2. The summed E-state index contributed by atoms with van der Waals surface area (Å²) in [7, 11) is 0. The van der Waals surface area contributed by atoms with Gasteiger partial charge in [-0.25, -0.2) is 0 Å². The Morgan fingerprint density at radius 2 is 1.76 bits per heavy atom. The predicted molar refractivity (Wildman–Crippen MR) is 86.4 cm³/mol. The maximum Gasteiger partial charge on any atom is 0.249 e. The Hall–Kier alpha value is -2.29. The Morgan fingerprint density at radius 1 is 1.05 bits per heavy atom. The number of carbonyl (C=O) groups excluding carboxylic acids is 1. The van der Waals surface area contributed by atoms with Gasteiger partial charge in [-0.3, -0.25) is 10.2 Å². The van der Waals surface area contributed by atoms with Crippen LogP contribution in [0.2, 0.25) is 0 Å². The van der Waals surface area contributed by atoms with Gasteiger partial charge in [0.05, 0.1) is 5.41 Å². The molecule has 0 aliphatic carbocycles. The molecule has 1 heterocycles. The fourth-order valence-corrected chi connectivity index (χ4v) is 2.75. The lowest BCUT2D eigenvalue weighted by Gasteiger charge is -2.15. The summed E-state index contributed by atoms with van der Waals surface area (Å²) in [5.74, 6) is 0.00299. The molecular formula is C18H20N2O. The van der Waals surface area contributed by atoms with Crippen LogP contribution in [0.4, 0.5) is 0 Å². The van der Waals surface area contributed by atoms with E-state index in [4.69, 9.17) is 0 Å². The number of fused-ring (bicyclic) bond motifs is 1. The van der Waals surface area contributed by atoms with Crippen molar-refractivity contribution in [2.24, 2.45) is 5.41 Å². The second-order valence-corrected chi connectivity index (χ2v) is 5.98. The lowest BCUT2D eigenvalue weighted by molar-refractivity contribution is -0.125. The standard InChI is InChI=1S/C18H20N2O/c1-4-12-9-10-13(15-8-6-5-7-14(12)15)11-16-18(2,3)17(21)20-19-16/h5-11,19H,4H2,1-3H3,(H,20,21)/b16-11-. The summed E-state index contributed by atoms with van der Waals surface area (Å²) in [5, 5.41) is 2.51. The molecule has 1 aliphatic rings. The highest BCUT2D eigenvalue weighted by Gasteiger charge is 2.37. The first-order valence-corrected chi connectivity index (χ1v) is 7.33. The largest absolute Gasteiger partial charge is 0.302 e. The number of aryl methyl sites for hydroxylation is 1. The van der Waals surface area contributed by atoms with Gasteiger partial charge in [-0.05, 0) is 48.2 Å². The average Bonchev–Trinajstić information content (AvgIpc) is 2.74. The van der Waals surface area contributed by atoms with Gasteiger partial charge in [-0.2, -0.15) is 0 Å². The molecule has 1 aliphatic heterocycles. The zero-order valence-electron chi connectivity index (χ0n) is 12.7. The van der Waals surface area contributed by atoms with Crippen LogP contribution in [0.5, 0.6) is 0 Å². The van der Waals surface area contributed by atoms with E-state index in [1.165, 1.54) is 16.3 Å². The predicted octanol–water partition coefficient (Wildman–Crippen LogP) is 3.40. The van der Waals surface area contributed by atoms with E-state index in [-0.39, 0.29) is 5.91 Å². The number of carbonyl (C=O) groups is 1. The van der Waals surface area contributed by atoms with Crippen LogP contribution < -0.4 is 10.9 Å². The Morgan fingerprint density at radius 3 is 2.38 bits per heavy atom. The summed E-state index contributed by atoms with van der Waals surface area (Å²) >= 11 is 0. The van der Waals surface area contributed by atoms with Gasteiger partial charge in [0.15, 0.2) is 0 Å². The molecule has 0 spiro atoms. The second kappa shape index (κ2) is 4.92. The second-order valence-electron chi connectivity index (χ2n) is 5.98. The van der Waals surface area contributed by atoms with Crippen molar-refractivity contribution in [3.8, 4) is 0 Å². The van der Waals surface area contributed by atoms with Crippen LogP contribution in [0.1, 0.15) is 31.9 Å². The van der Waals surface area contributed by atoms with Crippen LogP contribution in [0.3, 0.4) is 0 Å². The molecule has 2 aromatic rings. The van der Waals surface area contributed by atoms with Crippen molar-refractivity contribution < 1.29 is 4.79 Å². The summed E-state index contributed by atoms with van der Waals surface area (Å²) < 4.78 is 0. The topological polar surface area (TPSA) is 41.1 Å². The van der Waals surface area contributed by atoms with Crippen molar-refractivity contribution >= 4 is 22.8 Å². The Labute approximate surface area is 125 Å². The number of hydrogen-bond donors (Lipinski definition) is 2. The van der Waals surface area contributed by atoms with Gasteiger partial charge in [0, 0.05) is 5.70 Å². The van der Waals surface area contributed by atoms with Crippen LogP contribution in [0.25, 0.3) is 16.8 Å². The monoisotopic (exact) mass is 280 g/mol. The zero-order chi connectivity index (χ0) is 15.0. The number of amides is 1. The van der Waals surface area contributed by atoms with Crippen molar-refractivity contribution in [2.45, 2.75) is 27.2 Å². The first-order valence-electron chi connectivity index (χ1n) is 7.33. The fraction of sp³-hybridized carbons (Fsp3) is 0.278. The van der Waals surface area contributed by atoms with Gasteiger partial charge in [0.25, 0.3) is 0 Å². The number of hydrazine groups is 1. The van der Waals surface area contributed by atoms with Crippen molar-refractivity contribution in [1.82, 2.24) is 10.9 Å². The maximum atomic E-state index is 11.8. The van der Waals surface area contributed by atoms with Crippen LogP contribution in [-0.4, -0.2) is 5.91 Å². The van der Waals surface area contributed by atoms with Crippen molar-refractivity contribution in [3.05, 3.63) is 53.2 Å². The van der Waals surface area contributed by atoms with Gasteiger partial charge < -0.3 is 5.43 Å². The highest BCUT2D eigenvalue weighted by atomic mass is 16.2. The number of nitrogens with one attached hydrogen (secondary N) is 2. The van der Waals surface area contributed by atoms with E-state index in [9.17, 15) is 4.79 Å². The molecule has 0 bridgehead atoms. The first-order chi connectivity index (χ1) is 10.0. The van der Waals surface area contributed by atoms with Crippen molar-refractivity contribution in [3.63, 3.8) is 0 Å². The third-order valence-corrected chi connectivity index (χ3v) is 4.28. The highest BCUT2D eigenvalue weighted by Crippen LogP contribution is 2.32. The summed E-state index contributed by atoms with van der Waals surface area (Å²) in [5.41, 5.74) is 8.56. The third-order valence-electron chi connectivity index (χ3n) is 4.28. The molecule has 1 saturated heterocycles. The van der Waals surface area contributed by atoms with E-state index < -0.39 is 5.41 Å². The Balaban J connectivity index is 2.17. The average molecular weight is 280 g/mol. The SMILES string of the molecule is CCc1ccc(/C=C2\NNC(=O)C2(C)C)c2ccccc12. The zero-order valence-corrected chi connectivity index (χ0v) is 12.7. The molecule has 2 N–H and O–H groups in total. The Bertz CT molecular complexity index is 744. The van der Waals surface area contributed by atoms with Crippen LogP contribution in [0, 0.1) is 5.41 Å². The molecule has 0 radical (unpaired) electrons. The van der Waals surface area contributed by atoms with E-state index in [1.54, 1.807) is 0 Å². The first kappa shape index (κ1) is 13.7. The molecule has 0 atom stereocenters. The molecule has 108 valence electrons. The van der Waals surface area contributed by atoms with Crippen LogP contribution >= 0.6 is 0 Å². The lowest BCUT2D eigenvalue weighted by Crippen LogP contribution is -2.28. The van der Waals surface area contributed by atoms with Gasteiger partial charge >= 0.3 is 0 Å². The molecule has 3 heteroatoms. The van der Waals surface area contributed by atoms with E-state index in [0.29, 0.717) is 0 Å². The molecule has 1 amide bonds. The van der Waals surface area contributed by atoms with Gasteiger partial charge in [0.1, 0.15) is 0 Å².